The first-order valence-corrected chi connectivity index (χ1v) is 8.85. The van der Waals surface area contributed by atoms with Gasteiger partial charge in [-0.05, 0) is 37.3 Å². The zero-order valence-electron chi connectivity index (χ0n) is 13.3. The molecule has 6 heterocycles. The van der Waals surface area contributed by atoms with Gasteiger partial charge in [0.05, 0.1) is 12.6 Å². The Morgan fingerprint density at radius 2 is 2.17 bits per heavy atom. The van der Waals surface area contributed by atoms with Crippen molar-refractivity contribution in [1.29, 1.82) is 0 Å². The van der Waals surface area contributed by atoms with Gasteiger partial charge in [-0.2, -0.15) is 0 Å². The second-order valence-corrected chi connectivity index (χ2v) is 8.08. The molecule has 4 heteroatoms. The van der Waals surface area contributed by atoms with Crippen LogP contribution in [0.2, 0.25) is 0 Å². The Balaban J connectivity index is 1.51. The minimum absolute atomic E-state index is 0.264. The highest BCUT2D eigenvalue weighted by Gasteiger charge is 2.61. The van der Waals surface area contributed by atoms with Crippen molar-refractivity contribution in [2.24, 2.45) is 17.8 Å². The molecule has 0 radical (unpaired) electrons. The molecule has 1 aromatic heterocycles. The van der Waals surface area contributed by atoms with Gasteiger partial charge in [0.25, 0.3) is 0 Å². The van der Waals surface area contributed by atoms with Gasteiger partial charge in [-0.1, -0.05) is 18.2 Å². The first-order chi connectivity index (χ1) is 11.1. The summed E-state index contributed by atoms with van der Waals surface area (Å²) in [7, 11) is 0. The lowest BCUT2D eigenvalue weighted by molar-refractivity contribution is -0.318. The van der Waals surface area contributed by atoms with E-state index >= 15 is 0 Å². The Morgan fingerprint density at radius 3 is 3.09 bits per heavy atom. The van der Waals surface area contributed by atoms with Crippen LogP contribution in [-0.2, 0) is 11.2 Å². The predicted molar refractivity (Wildman–Crippen MR) is 86.9 cm³/mol. The largest absolute Gasteiger partial charge is 0.365 e. The van der Waals surface area contributed by atoms with Crippen LogP contribution in [0.25, 0.3) is 10.9 Å². The van der Waals surface area contributed by atoms with E-state index in [4.69, 9.17) is 4.74 Å². The molecule has 1 unspecified atom stereocenters. The van der Waals surface area contributed by atoms with Crippen molar-refractivity contribution in [2.75, 3.05) is 13.2 Å². The summed E-state index contributed by atoms with van der Waals surface area (Å²) in [6.07, 6.45) is 2.28. The number of nitrogens with zero attached hydrogens (tertiary/aromatic N) is 1. The Kier molecular flexibility index (Phi) is 2.26. The standard InChI is InChI=1S/C19H22N2O2/c1-19(22)14-8-21-16-7-12-10-4-2-3-5-15(10)20-18(12)17(21)6-11(14)13(16)9-23-19/h2-5,11,13-14,16-17,20,22H,6-9H2,1H3/t11-,13+,14-,16+,17+,19-/m1/s1. The van der Waals surface area contributed by atoms with Crippen LogP contribution in [0.15, 0.2) is 24.3 Å². The maximum atomic E-state index is 10.6. The fraction of sp³-hybridized carbons (Fsp3) is 0.579. The molecule has 5 aliphatic heterocycles. The summed E-state index contributed by atoms with van der Waals surface area (Å²) in [5.41, 5.74) is 4.24. The molecule has 120 valence electrons. The number of aliphatic hydroxyl groups is 1. The second kappa shape index (κ2) is 4.00. The number of para-hydroxylation sites is 1. The van der Waals surface area contributed by atoms with E-state index in [9.17, 15) is 5.11 Å². The molecule has 2 aromatic rings. The molecule has 0 spiro atoms. The van der Waals surface area contributed by atoms with E-state index in [1.165, 1.54) is 22.2 Å². The van der Waals surface area contributed by atoms with Gasteiger partial charge in [-0.15, -0.1) is 0 Å². The lowest BCUT2D eigenvalue weighted by Crippen LogP contribution is -2.70. The Bertz CT molecular complexity index is 811. The molecule has 0 amide bonds. The summed E-state index contributed by atoms with van der Waals surface area (Å²) in [6, 6.07) is 9.78. The number of aromatic nitrogens is 1. The van der Waals surface area contributed by atoms with Crippen molar-refractivity contribution in [2.45, 2.75) is 37.6 Å². The summed E-state index contributed by atoms with van der Waals surface area (Å²) in [5, 5.41) is 12.0. The average molecular weight is 310 g/mol. The third-order valence-corrected chi connectivity index (χ3v) is 7.14. The number of fused-ring (bicyclic) bond motifs is 3. The fourth-order valence-corrected chi connectivity index (χ4v) is 6.08. The van der Waals surface area contributed by atoms with E-state index in [1.807, 2.05) is 6.92 Å². The third-order valence-electron chi connectivity index (χ3n) is 7.14. The van der Waals surface area contributed by atoms with Crippen LogP contribution < -0.4 is 0 Å². The van der Waals surface area contributed by atoms with Gasteiger partial charge in [0.1, 0.15) is 0 Å². The molecule has 1 aromatic carbocycles. The molecule has 4 saturated heterocycles. The number of nitrogens with one attached hydrogen (secondary N) is 1. The molecule has 4 nitrogen and oxygen atoms in total. The number of hydrogen-bond donors (Lipinski definition) is 2. The second-order valence-electron chi connectivity index (χ2n) is 8.08. The molecule has 6 bridgehead atoms. The minimum Gasteiger partial charge on any atom is -0.365 e. The first kappa shape index (κ1) is 13.0. The Hall–Kier alpha value is -1.36. The molecule has 23 heavy (non-hydrogen) atoms. The highest BCUT2D eigenvalue weighted by molar-refractivity contribution is 5.85. The van der Waals surface area contributed by atoms with Crippen LogP contribution in [0, 0.1) is 17.8 Å². The zero-order chi connectivity index (χ0) is 15.3. The molecule has 0 aliphatic carbocycles. The van der Waals surface area contributed by atoms with Crippen molar-refractivity contribution < 1.29 is 9.84 Å². The number of ether oxygens (including phenoxy) is 1. The molecule has 4 fully saturated rings. The van der Waals surface area contributed by atoms with Gasteiger partial charge in [-0.25, -0.2) is 0 Å². The molecule has 7 rings (SSSR count). The number of H-pyrrole nitrogens is 1. The number of rotatable bonds is 0. The predicted octanol–water partition coefficient (Wildman–Crippen LogP) is 2.44. The number of piperidine rings is 3. The SMILES string of the molecule is C[C@@]1(O)OC[C@H]2[C@H]3C[C@H]4c5[nH]c6ccccc6c5C[C@@H]2N4C[C@H]31. The Labute approximate surface area is 135 Å². The molecule has 0 saturated carbocycles. The summed E-state index contributed by atoms with van der Waals surface area (Å²) < 4.78 is 5.85. The van der Waals surface area contributed by atoms with Gasteiger partial charge in [0, 0.05) is 41.0 Å². The van der Waals surface area contributed by atoms with E-state index in [-0.39, 0.29) is 5.92 Å². The highest BCUT2D eigenvalue weighted by Crippen LogP contribution is 2.58. The monoisotopic (exact) mass is 310 g/mol. The van der Waals surface area contributed by atoms with E-state index in [0.717, 1.165) is 19.4 Å². The average Bonchev–Trinajstić information content (AvgIpc) is 2.92. The minimum atomic E-state index is -0.947. The van der Waals surface area contributed by atoms with E-state index in [1.54, 1.807) is 0 Å². The van der Waals surface area contributed by atoms with E-state index in [0.29, 0.717) is 30.5 Å². The van der Waals surface area contributed by atoms with Crippen molar-refractivity contribution >= 4 is 10.9 Å². The highest BCUT2D eigenvalue weighted by atomic mass is 16.6. The van der Waals surface area contributed by atoms with Crippen molar-refractivity contribution in [3.8, 4) is 0 Å². The van der Waals surface area contributed by atoms with Gasteiger partial charge in [-0.3, -0.25) is 4.90 Å². The van der Waals surface area contributed by atoms with Crippen molar-refractivity contribution in [3.63, 3.8) is 0 Å². The first-order valence-electron chi connectivity index (χ1n) is 8.85. The zero-order valence-corrected chi connectivity index (χ0v) is 13.3. The third kappa shape index (κ3) is 1.48. The van der Waals surface area contributed by atoms with Gasteiger partial charge >= 0.3 is 0 Å². The molecular weight excluding hydrogens is 288 g/mol. The summed E-state index contributed by atoms with van der Waals surface area (Å²) in [6.45, 7) is 3.54. The maximum Gasteiger partial charge on any atom is 0.166 e. The number of hydrogen-bond acceptors (Lipinski definition) is 3. The molecule has 2 N–H and O–H groups in total. The van der Waals surface area contributed by atoms with Crippen LogP contribution >= 0.6 is 0 Å². The molecular formula is C19H22N2O2. The number of aromatic amines is 1. The van der Waals surface area contributed by atoms with E-state index in [2.05, 4.69) is 34.1 Å². The molecule has 7 atom stereocenters. The van der Waals surface area contributed by atoms with Crippen molar-refractivity contribution in [1.82, 2.24) is 9.88 Å². The Morgan fingerprint density at radius 1 is 1.30 bits per heavy atom. The summed E-state index contributed by atoms with van der Waals surface area (Å²) >= 11 is 0. The van der Waals surface area contributed by atoms with Crippen LogP contribution in [0.4, 0.5) is 0 Å². The topological polar surface area (TPSA) is 48.5 Å². The normalized spacial score (nSPS) is 46.9. The van der Waals surface area contributed by atoms with Crippen LogP contribution in [-0.4, -0.2) is 40.0 Å². The summed E-state index contributed by atoms with van der Waals surface area (Å²) in [5.74, 6) is 0.489. The van der Waals surface area contributed by atoms with Crippen LogP contribution in [0.1, 0.15) is 30.6 Å². The van der Waals surface area contributed by atoms with E-state index < -0.39 is 5.79 Å². The van der Waals surface area contributed by atoms with Gasteiger partial charge in [0.15, 0.2) is 5.79 Å². The number of benzene rings is 1. The molecule has 5 aliphatic rings. The lowest BCUT2D eigenvalue weighted by Gasteiger charge is -2.64. The fourth-order valence-electron chi connectivity index (χ4n) is 6.08. The van der Waals surface area contributed by atoms with Crippen molar-refractivity contribution in [3.05, 3.63) is 35.5 Å². The van der Waals surface area contributed by atoms with Gasteiger partial charge < -0.3 is 14.8 Å². The van der Waals surface area contributed by atoms with Crippen LogP contribution in [0.3, 0.4) is 0 Å². The smallest absolute Gasteiger partial charge is 0.166 e. The van der Waals surface area contributed by atoms with Crippen LogP contribution in [0.5, 0.6) is 0 Å². The lowest BCUT2D eigenvalue weighted by atomic mass is 9.59. The summed E-state index contributed by atoms with van der Waals surface area (Å²) in [4.78, 5) is 6.38. The maximum absolute atomic E-state index is 10.6. The van der Waals surface area contributed by atoms with Gasteiger partial charge in [0.2, 0.25) is 0 Å². The quantitative estimate of drug-likeness (QED) is 0.786.